The van der Waals surface area contributed by atoms with Crippen molar-refractivity contribution in [2.45, 2.75) is 20.8 Å². The number of halogens is 1. The second-order valence-corrected chi connectivity index (χ2v) is 5.77. The Morgan fingerprint density at radius 1 is 1.41 bits per heavy atom. The van der Waals surface area contributed by atoms with Crippen molar-refractivity contribution in [3.8, 4) is 0 Å². The molecular formula is C13H18ClNO2. The van der Waals surface area contributed by atoms with Crippen LogP contribution in [-0.4, -0.2) is 24.7 Å². The maximum atomic E-state index is 11.2. The first-order chi connectivity index (χ1) is 7.72. The van der Waals surface area contributed by atoms with Crippen molar-refractivity contribution in [3.63, 3.8) is 0 Å². The van der Waals surface area contributed by atoms with Gasteiger partial charge in [-0.1, -0.05) is 38.4 Å². The quantitative estimate of drug-likeness (QED) is 0.898. The van der Waals surface area contributed by atoms with E-state index in [1.54, 1.807) is 18.2 Å². The average Bonchev–Trinajstić information content (AvgIpc) is 2.13. The highest BCUT2D eigenvalue weighted by Crippen LogP contribution is 2.31. The third-order valence-electron chi connectivity index (χ3n) is 2.31. The van der Waals surface area contributed by atoms with Gasteiger partial charge in [0.1, 0.15) is 0 Å². The molecule has 3 nitrogen and oxygen atoms in total. The minimum Gasteiger partial charge on any atom is -0.478 e. The first kappa shape index (κ1) is 13.8. The van der Waals surface area contributed by atoms with E-state index in [0.29, 0.717) is 10.7 Å². The zero-order valence-electron chi connectivity index (χ0n) is 10.6. The number of benzene rings is 1. The third-order valence-corrected chi connectivity index (χ3v) is 2.62. The molecule has 0 aliphatic carbocycles. The molecule has 0 heterocycles. The van der Waals surface area contributed by atoms with E-state index >= 15 is 0 Å². The monoisotopic (exact) mass is 255 g/mol. The van der Waals surface area contributed by atoms with Gasteiger partial charge in [-0.3, -0.25) is 0 Å². The van der Waals surface area contributed by atoms with Crippen LogP contribution in [0, 0.1) is 5.41 Å². The number of nitrogens with zero attached hydrogens (tertiary/aromatic N) is 1. The normalized spacial score (nSPS) is 11.4. The molecule has 1 N–H and O–H groups in total. The number of rotatable bonds is 3. The molecule has 0 atom stereocenters. The standard InChI is InChI=1S/C13H18ClNO2/c1-13(2,3)8-15(4)11-9(12(16)17)6-5-7-10(11)14/h5-7H,8H2,1-4H3,(H,16,17). The summed E-state index contributed by atoms with van der Waals surface area (Å²) in [5, 5.41) is 9.62. The summed E-state index contributed by atoms with van der Waals surface area (Å²) in [5.74, 6) is -0.955. The van der Waals surface area contributed by atoms with E-state index < -0.39 is 5.97 Å². The van der Waals surface area contributed by atoms with Gasteiger partial charge in [0.2, 0.25) is 0 Å². The Hall–Kier alpha value is -1.22. The lowest BCUT2D eigenvalue weighted by atomic mass is 9.95. The van der Waals surface area contributed by atoms with Gasteiger partial charge in [0, 0.05) is 13.6 Å². The first-order valence-electron chi connectivity index (χ1n) is 5.45. The summed E-state index contributed by atoms with van der Waals surface area (Å²) in [6.45, 7) is 7.03. The van der Waals surface area contributed by atoms with Crippen LogP contribution in [0.4, 0.5) is 5.69 Å². The van der Waals surface area contributed by atoms with Crippen LogP contribution < -0.4 is 4.90 Å². The Morgan fingerprint density at radius 2 is 2.00 bits per heavy atom. The first-order valence-corrected chi connectivity index (χ1v) is 5.83. The van der Waals surface area contributed by atoms with Crippen molar-refractivity contribution in [1.82, 2.24) is 0 Å². The van der Waals surface area contributed by atoms with Gasteiger partial charge in [-0.25, -0.2) is 4.79 Å². The van der Waals surface area contributed by atoms with E-state index in [1.807, 2.05) is 11.9 Å². The highest BCUT2D eigenvalue weighted by molar-refractivity contribution is 6.34. The van der Waals surface area contributed by atoms with Crippen molar-refractivity contribution in [1.29, 1.82) is 0 Å². The van der Waals surface area contributed by atoms with E-state index in [1.165, 1.54) is 0 Å². The fourth-order valence-corrected chi connectivity index (χ4v) is 2.19. The van der Waals surface area contributed by atoms with Crippen LogP contribution in [0.1, 0.15) is 31.1 Å². The summed E-state index contributed by atoms with van der Waals surface area (Å²) < 4.78 is 0. The van der Waals surface area contributed by atoms with Crippen LogP contribution in [0.5, 0.6) is 0 Å². The molecule has 0 saturated carbocycles. The third kappa shape index (κ3) is 3.63. The van der Waals surface area contributed by atoms with Crippen LogP contribution in [-0.2, 0) is 0 Å². The molecule has 0 spiro atoms. The minimum atomic E-state index is -0.955. The number of aromatic carboxylic acids is 1. The minimum absolute atomic E-state index is 0.0731. The van der Waals surface area contributed by atoms with Gasteiger partial charge in [0.15, 0.2) is 0 Å². The molecule has 1 aromatic rings. The van der Waals surface area contributed by atoms with Gasteiger partial charge in [-0.2, -0.15) is 0 Å². The summed E-state index contributed by atoms with van der Waals surface area (Å²) in [6, 6.07) is 4.94. The second kappa shape index (κ2) is 4.96. The Morgan fingerprint density at radius 3 is 2.47 bits per heavy atom. The summed E-state index contributed by atoms with van der Waals surface area (Å²) in [6.07, 6.45) is 0. The molecule has 0 bridgehead atoms. The van der Waals surface area contributed by atoms with E-state index in [9.17, 15) is 4.79 Å². The number of anilines is 1. The van der Waals surface area contributed by atoms with E-state index in [4.69, 9.17) is 16.7 Å². The molecule has 0 saturated heterocycles. The van der Waals surface area contributed by atoms with Crippen LogP contribution in [0.2, 0.25) is 5.02 Å². The van der Waals surface area contributed by atoms with Gasteiger partial charge >= 0.3 is 5.97 Å². The highest BCUT2D eigenvalue weighted by Gasteiger charge is 2.20. The summed E-state index contributed by atoms with van der Waals surface area (Å²) >= 11 is 6.09. The van der Waals surface area contributed by atoms with E-state index in [0.717, 1.165) is 6.54 Å². The number of hydrogen-bond acceptors (Lipinski definition) is 2. The molecule has 0 fully saturated rings. The van der Waals surface area contributed by atoms with Crippen LogP contribution in [0.15, 0.2) is 18.2 Å². The topological polar surface area (TPSA) is 40.5 Å². The van der Waals surface area contributed by atoms with Crippen LogP contribution in [0.3, 0.4) is 0 Å². The molecule has 0 aliphatic rings. The van der Waals surface area contributed by atoms with Crippen LogP contribution in [0.25, 0.3) is 0 Å². The SMILES string of the molecule is CN(CC(C)(C)C)c1c(Cl)cccc1C(=O)O. The maximum absolute atomic E-state index is 11.2. The number of para-hydroxylation sites is 1. The van der Waals surface area contributed by atoms with Gasteiger partial charge in [-0.05, 0) is 17.5 Å². The molecule has 0 aromatic heterocycles. The van der Waals surface area contributed by atoms with Crippen molar-refractivity contribution in [2.75, 3.05) is 18.5 Å². The van der Waals surface area contributed by atoms with Crippen LogP contribution >= 0.6 is 11.6 Å². The average molecular weight is 256 g/mol. The fraction of sp³-hybridized carbons (Fsp3) is 0.462. The number of carbonyl (C=O) groups is 1. The largest absolute Gasteiger partial charge is 0.478 e. The molecule has 17 heavy (non-hydrogen) atoms. The van der Waals surface area contributed by atoms with Gasteiger partial charge in [-0.15, -0.1) is 0 Å². The molecule has 0 unspecified atom stereocenters. The van der Waals surface area contributed by atoms with Crippen molar-refractivity contribution < 1.29 is 9.90 Å². The van der Waals surface area contributed by atoms with Crippen molar-refractivity contribution in [2.24, 2.45) is 5.41 Å². The Bertz CT molecular complexity index is 424. The molecular weight excluding hydrogens is 238 g/mol. The van der Waals surface area contributed by atoms with Gasteiger partial charge < -0.3 is 10.0 Å². The molecule has 1 rings (SSSR count). The number of carboxylic acids is 1. The van der Waals surface area contributed by atoms with Crippen molar-refractivity contribution in [3.05, 3.63) is 28.8 Å². The number of carboxylic acid groups (broad SMARTS) is 1. The fourth-order valence-electron chi connectivity index (χ4n) is 1.87. The van der Waals surface area contributed by atoms with Crippen molar-refractivity contribution >= 4 is 23.3 Å². The molecule has 0 radical (unpaired) electrons. The molecule has 4 heteroatoms. The predicted molar refractivity (Wildman–Crippen MR) is 71.1 cm³/mol. The van der Waals surface area contributed by atoms with Gasteiger partial charge in [0.25, 0.3) is 0 Å². The Labute approximate surface area is 107 Å². The summed E-state index contributed by atoms with van der Waals surface area (Å²) in [7, 11) is 1.86. The smallest absolute Gasteiger partial charge is 0.337 e. The number of hydrogen-bond donors (Lipinski definition) is 1. The van der Waals surface area contributed by atoms with E-state index in [2.05, 4.69) is 20.8 Å². The lowest BCUT2D eigenvalue weighted by Gasteiger charge is -2.29. The van der Waals surface area contributed by atoms with Gasteiger partial charge in [0.05, 0.1) is 16.3 Å². The Balaban J connectivity index is 3.16. The second-order valence-electron chi connectivity index (χ2n) is 5.36. The lowest BCUT2D eigenvalue weighted by Crippen LogP contribution is -2.30. The summed E-state index contributed by atoms with van der Waals surface area (Å²) in [4.78, 5) is 13.1. The highest BCUT2D eigenvalue weighted by atomic mass is 35.5. The lowest BCUT2D eigenvalue weighted by molar-refractivity contribution is 0.0697. The molecule has 1 aromatic carbocycles. The zero-order chi connectivity index (χ0) is 13.2. The predicted octanol–water partition coefficient (Wildman–Crippen LogP) is 3.52. The molecule has 94 valence electrons. The zero-order valence-corrected chi connectivity index (χ0v) is 11.4. The van der Waals surface area contributed by atoms with E-state index in [-0.39, 0.29) is 11.0 Å². The maximum Gasteiger partial charge on any atom is 0.337 e. The molecule has 0 aliphatic heterocycles. The molecule has 0 amide bonds. The summed E-state index contributed by atoms with van der Waals surface area (Å²) in [5.41, 5.74) is 0.893. The Kier molecular flexibility index (Phi) is 4.04.